The van der Waals surface area contributed by atoms with E-state index in [1.54, 1.807) is 11.8 Å². The SMILES string of the molecule is CCOC(=O)NC[C@@H]1CC(=O)N(c2ccc(OCC)cc2)C1. The lowest BCUT2D eigenvalue weighted by molar-refractivity contribution is -0.117. The van der Waals surface area contributed by atoms with Crippen molar-refractivity contribution in [2.45, 2.75) is 20.3 Å². The number of carbonyl (C=O) groups excluding carboxylic acids is 2. The first-order valence-corrected chi connectivity index (χ1v) is 7.57. The predicted molar refractivity (Wildman–Crippen MR) is 83.1 cm³/mol. The van der Waals surface area contributed by atoms with Gasteiger partial charge >= 0.3 is 6.09 Å². The summed E-state index contributed by atoms with van der Waals surface area (Å²) in [5, 5.41) is 2.68. The van der Waals surface area contributed by atoms with Crippen LogP contribution in [0.4, 0.5) is 10.5 Å². The highest BCUT2D eigenvalue weighted by Crippen LogP contribution is 2.26. The van der Waals surface area contributed by atoms with Crippen LogP contribution in [-0.4, -0.2) is 38.3 Å². The fourth-order valence-electron chi connectivity index (χ4n) is 2.47. The molecule has 0 saturated carbocycles. The van der Waals surface area contributed by atoms with Gasteiger partial charge in [0.1, 0.15) is 5.75 Å². The standard InChI is InChI=1S/C16H22N2O4/c1-3-21-14-7-5-13(6-8-14)18-11-12(9-15(18)19)10-17-16(20)22-4-2/h5-8,12H,3-4,9-11H2,1-2H3,(H,17,20)/t12-/m0/s1. The molecule has 2 amide bonds. The summed E-state index contributed by atoms with van der Waals surface area (Å²) >= 11 is 0. The highest BCUT2D eigenvalue weighted by molar-refractivity contribution is 5.95. The van der Waals surface area contributed by atoms with E-state index in [0.717, 1.165) is 11.4 Å². The molecule has 120 valence electrons. The number of benzene rings is 1. The van der Waals surface area contributed by atoms with Crippen LogP contribution in [0.15, 0.2) is 24.3 Å². The van der Waals surface area contributed by atoms with Crippen molar-refractivity contribution < 1.29 is 19.1 Å². The zero-order chi connectivity index (χ0) is 15.9. The van der Waals surface area contributed by atoms with Crippen LogP contribution in [0.2, 0.25) is 0 Å². The van der Waals surface area contributed by atoms with Crippen LogP contribution < -0.4 is 15.0 Å². The van der Waals surface area contributed by atoms with E-state index in [1.807, 2.05) is 31.2 Å². The number of anilines is 1. The highest BCUT2D eigenvalue weighted by atomic mass is 16.5. The van der Waals surface area contributed by atoms with Gasteiger partial charge in [-0.2, -0.15) is 0 Å². The summed E-state index contributed by atoms with van der Waals surface area (Å²) < 4.78 is 10.2. The first-order valence-electron chi connectivity index (χ1n) is 7.57. The number of nitrogens with zero attached hydrogens (tertiary/aromatic N) is 1. The molecule has 6 nitrogen and oxygen atoms in total. The monoisotopic (exact) mass is 306 g/mol. The molecule has 0 spiro atoms. The predicted octanol–water partition coefficient (Wildman–Crippen LogP) is 2.18. The second kappa shape index (κ2) is 7.68. The third-order valence-corrected chi connectivity index (χ3v) is 3.48. The number of amides is 2. The van der Waals surface area contributed by atoms with Crippen LogP contribution >= 0.6 is 0 Å². The zero-order valence-electron chi connectivity index (χ0n) is 13.0. The summed E-state index contributed by atoms with van der Waals surface area (Å²) in [6, 6.07) is 7.47. The number of hydrogen-bond acceptors (Lipinski definition) is 4. The van der Waals surface area contributed by atoms with Crippen LogP contribution in [0.3, 0.4) is 0 Å². The summed E-state index contributed by atoms with van der Waals surface area (Å²) in [5.74, 6) is 0.960. The lowest BCUT2D eigenvalue weighted by Gasteiger charge is -2.17. The van der Waals surface area contributed by atoms with Crippen molar-refractivity contribution >= 4 is 17.7 Å². The van der Waals surface area contributed by atoms with Crippen LogP contribution in [0.1, 0.15) is 20.3 Å². The van der Waals surface area contributed by atoms with Gasteiger partial charge in [0.25, 0.3) is 0 Å². The molecule has 0 bridgehead atoms. The minimum absolute atomic E-state index is 0.0693. The Hall–Kier alpha value is -2.24. The summed E-state index contributed by atoms with van der Waals surface area (Å²) in [7, 11) is 0. The Balaban J connectivity index is 1.90. The maximum absolute atomic E-state index is 12.1. The van der Waals surface area contributed by atoms with Crippen molar-refractivity contribution in [3.8, 4) is 5.75 Å². The lowest BCUT2D eigenvalue weighted by Crippen LogP contribution is -2.31. The van der Waals surface area contributed by atoms with Gasteiger partial charge in [-0.1, -0.05) is 0 Å². The molecule has 1 saturated heterocycles. The van der Waals surface area contributed by atoms with Gasteiger partial charge in [0.2, 0.25) is 5.91 Å². The summed E-state index contributed by atoms with van der Waals surface area (Å²) in [6.07, 6.45) is -0.00550. The number of alkyl carbamates (subject to hydrolysis) is 1. The minimum atomic E-state index is -0.436. The molecular formula is C16H22N2O4. The van der Waals surface area contributed by atoms with E-state index in [9.17, 15) is 9.59 Å². The second-order valence-corrected chi connectivity index (χ2v) is 5.10. The average molecular weight is 306 g/mol. The zero-order valence-corrected chi connectivity index (χ0v) is 13.0. The molecule has 1 atom stereocenters. The van der Waals surface area contributed by atoms with Crippen LogP contribution in [0, 0.1) is 5.92 Å². The maximum atomic E-state index is 12.1. The molecule has 1 aromatic carbocycles. The molecular weight excluding hydrogens is 284 g/mol. The van der Waals surface area contributed by atoms with Crippen molar-refractivity contribution in [1.82, 2.24) is 5.32 Å². The Labute approximate surface area is 130 Å². The van der Waals surface area contributed by atoms with Gasteiger partial charge in [-0.05, 0) is 38.1 Å². The van der Waals surface area contributed by atoms with E-state index in [1.165, 1.54) is 0 Å². The quantitative estimate of drug-likeness (QED) is 0.874. The van der Waals surface area contributed by atoms with Crippen molar-refractivity contribution in [3.05, 3.63) is 24.3 Å². The molecule has 22 heavy (non-hydrogen) atoms. The van der Waals surface area contributed by atoms with Gasteiger partial charge in [-0.15, -0.1) is 0 Å². The van der Waals surface area contributed by atoms with Crippen molar-refractivity contribution in [2.75, 3.05) is 31.2 Å². The first kappa shape index (κ1) is 16.1. The molecule has 0 aromatic heterocycles. The van der Waals surface area contributed by atoms with E-state index in [2.05, 4.69) is 5.32 Å². The molecule has 0 unspecified atom stereocenters. The third kappa shape index (κ3) is 4.13. The van der Waals surface area contributed by atoms with Crippen LogP contribution in [0.5, 0.6) is 5.75 Å². The van der Waals surface area contributed by atoms with Crippen LogP contribution in [-0.2, 0) is 9.53 Å². The smallest absolute Gasteiger partial charge is 0.407 e. The summed E-state index contributed by atoms with van der Waals surface area (Å²) in [5.41, 5.74) is 0.854. The Morgan fingerprint density at radius 3 is 2.64 bits per heavy atom. The fraction of sp³-hybridized carbons (Fsp3) is 0.500. The van der Waals surface area contributed by atoms with E-state index >= 15 is 0 Å². The second-order valence-electron chi connectivity index (χ2n) is 5.10. The van der Waals surface area contributed by atoms with E-state index in [-0.39, 0.29) is 11.8 Å². The van der Waals surface area contributed by atoms with Crippen molar-refractivity contribution in [3.63, 3.8) is 0 Å². The number of hydrogen-bond donors (Lipinski definition) is 1. The first-order chi connectivity index (χ1) is 10.6. The molecule has 1 aliphatic heterocycles. The molecule has 1 fully saturated rings. The van der Waals surface area contributed by atoms with Gasteiger partial charge in [-0.25, -0.2) is 4.79 Å². The highest BCUT2D eigenvalue weighted by Gasteiger charge is 2.30. The molecule has 6 heteroatoms. The Bertz CT molecular complexity index is 515. The number of carbonyl (C=O) groups is 2. The maximum Gasteiger partial charge on any atom is 0.407 e. The Morgan fingerprint density at radius 1 is 1.27 bits per heavy atom. The summed E-state index contributed by atoms with van der Waals surface area (Å²) in [4.78, 5) is 25.1. The fourth-order valence-corrected chi connectivity index (χ4v) is 2.47. The summed E-state index contributed by atoms with van der Waals surface area (Å²) in [6.45, 7) is 5.68. The molecule has 0 aliphatic carbocycles. The number of rotatable bonds is 6. The lowest BCUT2D eigenvalue weighted by atomic mass is 10.1. The van der Waals surface area contributed by atoms with E-state index in [0.29, 0.717) is 32.7 Å². The molecule has 1 aliphatic rings. The van der Waals surface area contributed by atoms with Gasteiger partial charge in [-0.3, -0.25) is 4.79 Å². The van der Waals surface area contributed by atoms with Crippen molar-refractivity contribution in [2.24, 2.45) is 5.92 Å². The molecule has 1 N–H and O–H groups in total. The number of ether oxygens (including phenoxy) is 2. The minimum Gasteiger partial charge on any atom is -0.494 e. The average Bonchev–Trinajstić information content (AvgIpc) is 2.88. The Kier molecular flexibility index (Phi) is 5.63. The van der Waals surface area contributed by atoms with Crippen LogP contribution in [0.25, 0.3) is 0 Å². The van der Waals surface area contributed by atoms with E-state index < -0.39 is 6.09 Å². The van der Waals surface area contributed by atoms with Gasteiger partial charge in [0.15, 0.2) is 0 Å². The Morgan fingerprint density at radius 2 is 2.00 bits per heavy atom. The normalized spacial score (nSPS) is 17.5. The van der Waals surface area contributed by atoms with Gasteiger partial charge < -0.3 is 19.7 Å². The van der Waals surface area contributed by atoms with Gasteiger partial charge in [0, 0.05) is 31.1 Å². The number of nitrogens with one attached hydrogen (secondary N) is 1. The molecule has 0 radical (unpaired) electrons. The topological polar surface area (TPSA) is 67.9 Å². The molecule has 2 rings (SSSR count). The molecule has 1 heterocycles. The van der Waals surface area contributed by atoms with Crippen molar-refractivity contribution in [1.29, 1.82) is 0 Å². The third-order valence-electron chi connectivity index (χ3n) is 3.48. The van der Waals surface area contributed by atoms with Gasteiger partial charge in [0.05, 0.1) is 13.2 Å². The van der Waals surface area contributed by atoms with E-state index in [4.69, 9.17) is 9.47 Å². The largest absolute Gasteiger partial charge is 0.494 e. The molecule has 1 aromatic rings.